The van der Waals surface area contributed by atoms with E-state index in [1.807, 2.05) is 0 Å². The van der Waals surface area contributed by atoms with Gasteiger partial charge in [0.25, 0.3) is 0 Å². The summed E-state index contributed by atoms with van der Waals surface area (Å²) in [5.41, 5.74) is 0. The number of nitrogens with one attached hydrogen (secondary N) is 2. The van der Waals surface area contributed by atoms with Gasteiger partial charge in [-0.25, -0.2) is 4.79 Å². The average molecular weight is 230 g/mol. The van der Waals surface area contributed by atoms with E-state index in [0.29, 0.717) is 12.8 Å². The van der Waals surface area contributed by atoms with Crippen LogP contribution in [0.4, 0.5) is 0 Å². The van der Waals surface area contributed by atoms with E-state index in [0.717, 1.165) is 7.11 Å². The Kier molecular flexibility index (Phi) is 4.24. The van der Waals surface area contributed by atoms with E-state index in [9.17, 15) is 14.4 Å². The van der Waals surface area contributed by atoms with Crippen molar-refractivity contribution < 1.29 is 24.2 Å². The van der Waals surface area contributed by atoms with E-state index < -0.39 is 30.6 Å². The molecule has 1 aliphatic rings. The smallest absolute Gasteiger partial charge is 0.330 e. The van der Waals surface area contributed by atoms with Gasteiger partial charge in [-0.3, -0.25) is 9.59 Å². The van der Waals surface area contributed by atoms with Gasteiger partial charge in [-0.15, -0.1) is 0 Å². The largest absolute Gasteiger partial charge is 0.467 e. The Morgan fingerprint density at radius 2 is 2.38 bits per heavy atom. The number of carbonyl (C=O) groups is 3. The minimum Gasteiger partial charge on any atom is -0.467 e. The third-order valence-corrected chi connectivity index (χ3v) is 2.30. The molecule has 90 valence electrons. The summed E-state index contributed by atoms with van der Waals surface area (Å²) < 4.78 is 4.39. The topological polar surface area (TPSA) is 105 Å². The quantitative estimate of drug-likeness (QED) is 0.480. The number of carbonyl (C=O) groups excluding carboxylic acids is 3. The molecule has 1 saturated heterocycles. The lowest BCUT2D eigenvalue weighted by Crippen LogP contribution is -2.50. The van der Waals surface area contributed by atoms with Crippen LogP contribution in [0.5, 0.6) is 0 Å². The number of rotatable bonds is 4. The van der Waals surface area contributed by atoms with Crippen LogP contribution in [-0.4, -0.2) is 48.7 Å². The fraction of sp³-hybridized carbons (Fsp3) is 0.667. The average Bonchev–Trinajstić information content (AvgIpc) is 2.71. The first-order chi connectivity index (χ1) is 7.58. The van der Waals surface area contributed by atoms with E-state index >= 15 is 0 Å². The van der Waals surface area contributed by atoms with E-state index in [1.165, 1.54) is 0 Å². The van der Waals surface area contributed by atoms with Crippen LogP contribution in [0.1, 0.15) is 12.8 Å². The SMILES string of the molecule is COC(=O)C(CO)NC(=O)C1CCC(=O)N1. The number of aliphatic hydroxyl groups is 1. The molecule has 2 unspecified atom stereocenters. The second-order valence-corrected chi connectivity index (χ2v) is 3.43. The highest BCUT2D eigenvalue weighted by molar-refractivity contribution is 5.93. The summed E-state index contributed by atoms with van der Waals surface area (Å²) in [6.07, 6.45) is 0.685. The summed E-state index contributed by atoms with van der Waals surface area (Å²) >= 11 is 0. The van der Waals surface area contributed by atoms with Gasteiger partial charge in [0.2, 0.25) is 11.8 Å². The van der Waals surface area contributed by atoms with Gasteiger partial charge in [-0.2, -0.15) is 0 Å². The Morgan fingerprint density at radius 1 is 1.69 bits per heavy atom. The van der Waals surface area contributed by atoms with E-state index in [1.54, 1.807) is 0 Å². The van der Waals surface area contributed by atoms with Gasteiger partial charge in [0.15, 0.2) is 6.04 Å². The first kappa shape index (κ1) is 12.4. The van der Waals surface area contributed by atoms with E-state index in [2.05, 4.69) is 15.4 Å². The Balaban J connectivity index is 2.49. The molecule has 0 aromatic carbocycles. The van der Waals surface area contributed by atoms with Gasteiger partial charge < -0.3 is 20.5 Å². The summed E-state index contributed by atoms with van der Waals surface area (Å²) in [5, 5.41) is 13.6. The molecular formula is C9H14N2O5. The second kappa shape index (κ2) is 5.45. The highest BCUT2D eigenvalue weighted by Crippen LogP contribution is 2.06. The molecule has 2 atom stereocenters. The molecule has 0 radical (unpaired) electrons. The summed E-state index contributed by atoms with van der Waals surface area (Å²) in [7, 11) is 1.16. The molecule has 2 amide bonds. The number of ether oxygens (including phenoxy) is 1. The highest BCUT2D eigenvalue weighted by atomic mass is 16.5. The van der Waals surface area contributed by atoms with Gasteiger partial charge >= 0.3 is 5.97 Å². The molecule has 7 nitrogen and oxygen atoms in total. The Labute approximate surface area is 92.1 Å². The molecule has 0 bridgehead atoms. The first-order valence-corrected chi connectivity index (χ1v) is 4.87. The lowest BCUT2D eigenvalue weighted by atomic mass is 10.2. The number of aliphatic hydroxyl groups excluding tert-OH is 1. The maximum Gasteiger partial charge on any atom is 0.330 e. The molecule has 0 spiro atoms. The maximum absolute atomic E-state index is 11.5. The molecule has 0 saturated carbocycles. The molecular weight excluding hydrogens is 216 g/mol. The summed E-state index contributed by atoms with van der Waals surface area (Å²) in [5.74, 6) is -1.41. The molecule has 16 heavy (non-hydrogen) atoms. The van der Waals surface area contributed by atoms with Gasteiger partial charge in [0.1, 0.15) is 6.04 Å². The normalized spacial score (nSPS) is 21.1. The molecule has 1 aliphatic heterocycles. The lowest BCUT2D eigenvalue weighted by Gasteiger charge is -2.16. The van der Waals surface area contributed by atoms with Crippen molar-refractivity contribution in [3.8, 4) is 0 Å². The Bertz CT molecular complexity index is 304. The lowest BCUT2D eigenvalue weighted by molar-refractivity contribution is -0.146. The predicted molar refractivity (Wildman–Crippen MR) is 52.2 cm³/mol. The third-order valence-electron chi connectivity index (χ3n) is 2.30. The zero-order valence-corrected chi connectivity index (χ0v) is 8.86. The molecule has 1 rings (SSSR count). The second-order valence-electron chi connectivity index (χ2n) is 3.43. The molecule has 1 heterocycles. The number of amides is 2. The Hall–Kier alpha value is -1.63. The summed E-state index contributed by atoms with van der Waals surface area (Å²) in [4.78, 5) is 33.5. The van der Waals surface area contributed by atoms with Crippen molar-refractivity contribution in [3.63, 3.8) is 0 Å². The number of methoxy groups -OCH3 is 1. The van der Waals surface area contributed by atoms with Crippen LogP contribution in [0.3, 0.4) is 0 Å². The van der Waals surface area contributed by atoms with Crippen LogP contribution >= 0.6 is 0 Å². The first-order valence-electron chi connectivity index (χ1n) is 4.87. The van der Waals surface area contributed by atoms with Crippen LogP contribution in [0.2, 0.25) is 0 Å². The minimum atomic E-state index is -1.09. The zero-order valence-electron chi connectivity index (χ0n) is 8.86. The standard InChI is InChI=1S/C9H14N2O5/c1-16-9(15)6(4-12)11-8(14)5-2-3-7(13)10-5/h5-6,12H,2-4H2,1H3,(H,10,13)(H,11,14). The van der Waals surface area contributed by atoms with E-state index in [-0.39, 0.29) is 5.91 Å². The van der Waals surface area contributed by atoms with Crippen LogP contribution in [0, 0.1) is 0 Å². The van der Waals surface area contributed by atoms with Crippen molar-refractivity contribution >= 4 is 17.8 Å². The van der Waals surface area contributed by atoms with Crippen molar-refractivity contribution in [1.82, 2.24) is 10.6 Å². The van der Waals surface area contributed by atoms with Gasteiger partial charge in [0, 0.05) is 6.42 Å². The fourth-order valence-electron chi connectivity index (χ4n) is 1.40. The highest BCUT2D eigenvalue weighted by Gasteiger charge is 2.30. The predicted octanol–water partition coefficient (Wildman–Crippen LogP) is -2.08. The van der Waals surface area contributed by atoms with Crippen LogP contribution < -0.4 is 10.6 Å². The van der Waals surface area contributed by atoms with Crippen molar-refractivity contribution in [2.45, 2.75) is 24.9 Å². The van der Waals surface area contributed by atoms with Crippen molar-refractivity contribution in [2.24, 2.45) is 0 Å². The molecule has 7 heteroatoms. The van der Waals surface area contributed by atoms with E-state index in [4.69, 9.17) is 5.11 Å². The maximum atomic E-state index is 11.5. The number of hydrogen-bond donors (Lipinski definition) is 3. The van der Waals surface area contributed by atoms with Gasteiger partial charge in [-0.05, 0) is 6.42 Å². The fourth-order valence-corrected chi connectivity index (χ4v) is 1.40. The number of esters is 1. The minimum absolute atomic E-state index is 0.196. The molecule has 0 aromatic heterocycles. The third kappa shape index (κ3) is 2.93. The monoisotopic (exact) mass is 230 g/mol. The number of hydrogen-bond acceptors (Lipinski definition) is 5. The van der Waals surface area contributed by atoms with Crippen molar-refractivity contribution in [3.05, 3.63) is 0 Å². The van der Waals surface area contributed by atoms with Crippen LogP contribution in [0.25, 0.3) is 0 Å². The molecule has 0 aliphatic carbocycles. The van der Waals surface area contributed by atoms with Gasteiger partial charge in [-0.1, -0.05) is 0 Å². The van der Waals surface area contributed by atoms with Crippen LogP contribution in [0.15, 0.2) is 0 Å². The Morgan fingerprint density at radius 3 is 2.81 bits per heavy atom. The summed E-state index contributed by atoms with van der Waals surface area (Å²) in [6, 6.07) is -1.72. The van der Waals surface area contributed by atoms with Crippen molar-refractivity contribution in [1.29, 1.82) is 0 Å². The zero-order chi connectivity index (χ0) is 12.1. The molecule has 1 fully saturated rings. The molecule has 3 N–H and O–H groups in total. The van der Waals surface area contributed by atoms with Crippen LogP contribution in [-0.2, 0) is 19.1 Å². The molecule has 0 aromatic rings. The van der Waals surface area contributed by atoms with Crippen molar-refractivity contribution in [2.75, 3.05) is 13.7 Å². The van der Waals surface area contributed by atoms with Gasteiger partial charge in [0.05, 0.1) is 13.7 Å². The summed E-state index contributed by atoms with van der Waals surface area (Å²) in [6.45, 7) is -0.543.